The fourth-order valence-corrected chi connectivity index (χ4v) is 8.01. The van der Waals surface area contributed by atoms with E-state index in [4.69, 9.17) is 15.5 Å². The molecule has 9 heteroatoms. The van der Waals surface area contributed by atoms with Crippen molar-refractivity contribution in [3.63, 3.8) is 0 Å². The quantitative estimate of drug-likeness (QED) is 0.329. The lowest BCUT2D eigenvalue weighted by Crippen LogP contribution is -2.41. The Bertz CT molecular complexity index is 1710. The SMILES string of the molecule is COc1cc(C(=O)N2C[C@H]3CC[C@@H]2[C@@H]3N)cc2nc(-c3cc4cccc(NC5CCN(C)CC5)c4n3CC3CC3)n(C)c12. The highest BCUT2D eigenvalue weighted by Crippen LogP contribution is 2.41. The number of hydrogen-bond donors (Lipinski definition) is 2. The molecule has 2 aromatic carbocycles. The van der Waals surface area contributed by atoms with E-state index in [9.17, 15) is 4.79 Å². The number of nitrogens with two attached hydrogens (primary N) is 1. The van der Waals surface area contributed by atoms with Crippen molar-refractivity contribution in [3.05, 3.63) is 42.0 Å². The number of likely N-dealkylation sites (tertiary alicyclic amines) is 2. The molecule has 8 rings (SSSR count). The lowest BCUT2D eigenvalue weighted by Gasteiger charge is -2.30. The Labute approximate surface area is 253 Å². The van der Waals surface area contributed by atoms with E-state index in [-0.39, 0.29) is 18.0 Å². The number of aryl methyl sites for hydroxylation is 1. The minimum absolute atomic E-state index is 0.0301. The van der Waals surface area contributed by atoms with Gasteiger partial charge in [0.05, 0.1) is 29.5 Å². The maximum atomic E-state index is 13.7. The number of benzene rings is 2. The largest absolute Gasteiger partial charge is 0.494 e. The van der Waals surface area contributed by atoms with Crippen molar-refractivity contribution in [1.82, 2.24) is 23.9 Å². The van der Waals surface area contributed by atoms with Crippen LogP contribution in [0.4, 0.5) is 5.69 Å². The summed E-state index contributed by atoms with van der Waals surface area (Å²) in [6.07, 6.45) is 6.95. The van der Waals surface area contributed by atoms with E-state index in [2.05, 4.69) is 57.7 Å². The van der Waals surface area contributed by atoms with Crippen LogP contribution in [0.25, 0.3) is 33.5 Å². The van der Waals surface area contributed by atoms with Gasteiger partial charge in [0, 0.05) is 49.2 Å². The molecule has 4 aliphatic rings. The monoisotopic (exact) mass is 581 g/mol. The van der Waals surface area contributed by atoms with E-state index in [1.165, 1.54) is 29.4 Å². The molecule has 226 valence electrons. The Morgan fingerprint density at radius 1 is 1.05 bits per heavy atom. The lowest BCUT2D eigenvalue weighted by atomic mass is 10.0. The number of amides is 1. The van der Waals surface area contributed by atoms with Crippen LogP contribution in [0.1, 0.15) is 48.9 Å². The van der Waals surface area contributed by atoms with Gasteiger partial charge in [-0.3, -0.25) is 4.79 Å². The number of nitrogens with zero attached hydrogens (tertiary/aromatic N) is 5. The highest BCUT2D eigenvalue weighted by Gasteiger charge is 2.47. The third kappa shape index (κ3) is 4.51. The molecular formula is C34H43N7O2. The molecule has 1 amide bonds. The van der Waals surface area contributed by atoms with Gasteiger partial charge >= 0.3 is 0 Å². The summed E-state index contributed by atoms with van der Waals surface area (Å²) < 4.78 is 10.5. The van der Waals surface area contributed by atoms with Crippen LogP contribution in [-0.4, -0.2) is 81.7 Å². The average molecular weight is 582 g/mol. The first-order valence-corrected chi connectivity index (χ1v) is 16.1. The van der Waals surface area contributed by atoms with E-state index in [1.807, 2.05) is 17.0 Å². The molecule has 0 spiro atoms. The summed E-state index contributed by atoms with van der Waals surface area (Å²) in [5, 5.41) is 5.14. The molecule has 0 radical (unpaired) electrons. The fourth-order valence-electron chi connectivity index (χ4n) is 8.01. The van der Waals surface area contributed by atoms with Crippen LogP contribution in [0.3, 0.4) is 0 Å². The molecule has 2 aromatic heterocycles. The van der Waals surface area contributed by atoms with Gasteiger partial charge in [0.1, 0.15) is 11.3 Å². The van der Waals surface area contributed by atoms with Gasteiger partial charge in [0.15, 0.2) is 5.82 Å². The fraction of sp³-hybridized carbons (Fsp3) is 0.529. The predicted octanol–water partition coefficient (Wildman–Crippen LogP) is 4.68. The maximum absolute atomic E-state index is 13.7. The first kappa shape index (κ1) is 27.0. The zero-order valence-corrected chi connectivity index (χ0v) is 25.6. The molecular weight excluding hydrogens is 538 g/mol. The number of rotatable bonds is 7. The van der Waals surface area contributed by atoms with Crippen LogP contribution in [-0.2, 0) is 13.6 Å². The number of aromatic nitrogens is 3. The van der Waals surface area contributed by atoms with E-state index in [0.717, 1.165) is 74.4 Å². The summed E-state index contributed by atoms with van der Waals surface area (Å²) >= 11 is 0. The number of methoxy groups -OCH3 is 1. The highest BCUT2D eigenvalue weighted by atomic mass is 16.5. The van der Waals surface area contributed by atoms with Gasteiger partial charge in [-0.15, -0.1) is 0 Å². The second kappa shape index (κ2) is 10.3. The Morgan fingerprint density at radius 2 is 1.86 bits per heavy atom. The summed E-state index contributed by atoms with van der Waals surface area (Å²) in [6, 6.07) is 13.4. The molecule has 2 aliphatic carbocycles. The van der Waals surface area contributed by atoms with Gasteiger partial charge in [0.2, 0.25) is 0 Å². The molecule has 3 atom stereocenters. The van der Waals surface area contributed by atoms with Crippen LogP contribution in [0.15, 0.2) is 36.4 Å². The number of para-hydroxylation sites is 1. The number of imidazole rings is 1. The third-order valence-corrected chi connectivity index (χ3v) is 10.7. The molecule has 2 saturated heterocycles. The van der Waals surface area contributed by atoms with Crippen LogP contribution < -0.4 is 15.8 Å². The third-order valence-electron chi connectivity index (χ3n) is 10.7. The molecule has 4 heterocycles. The Morgan fingerprint density at radius 3 is 2.56 bits per heavy atom. The first-order chi connectivity index (χ1) is 20.9. The summed E-state index contributed by atoms with van der Waals surface area (Å²) in [5.74, 6) is 2.70. The van der Waals surface area contributed by atoms with Crippen LogP contribution in [0.2, 0.25) is 0 Å². The number of carbonyl (C=O) groups is 1. The van der Waals surface area contributed by atoms with Crippen molar-refractivity contribution in [3.8, 4) is 17.3 Å². The van der Waals surface area contributed by atoms with Crippen molar-refractivity contribution < 1.29 is 9.53 Å². The number of piperidine rings is 2. The predicted molar refractivity (Wildman–Crippen MR) is 171 cm³/mol. The topological polar surface area (TPSA) is 93.6 Å². The van der Waals surface area contributed by atoms with Crippen LogP contribution in [0, 0.1) is 11.8 Å². The first-order valence-electron chi connectivity index (χ1n) is 16.1. The summed E-state index contributed by atoms with van der Waals surface area (Å²) in [7, 11) is 5.94. The lowest BCUT2D eigenvalue weighted by molar-refractivity contribution is 0.0700. The maximum Gasteiger partial charge on any atom is 0.254 e. The standard InChI is InChI=1S/C34H43N7O2/c1-38-13-11-24(12-14-38)36-25-6-4-5-21-16-28(40(31(21)25)18-20-7-8-20)33-37-26-15-23(17-29(43-3)32(26)39(33)2)34(42)41-19-22-9-10-27(41)30(22)35/h4-6,15-17,20,22,24,27,30,36H,7-14,18-19,35H2,1-3H3/t22-,27-,30-/m1/s1. The Hall–Kier alpha value is -3.56. The van der Waals surface area contributed by atoms with Gasteiger partial charge in [-0.05, 0) is 94.8 Å². The van der Waals surface area contributed by atoms with Crippen LogP contribution >= 0.6 is 0 Å². The number of nitrogens with one attached hydrogen (secondary N) is 1. The van der Waals surface area contributed by atoms with E-state index >= 15 is 0 Å². The molecule has 2 saturated carbocycles. The van der Waals surface area contributed by atoms with Crippen molar-refractivity contribution in [2.45, 2.75) is 63.2 Å². The second-order valence-corrected chi connectivity index (χ2v) is 13.5. The normalized spacial score (nSPS) is 24.5. The number of hydrogen-bond acceptors (Lipinski definition) is 6. The van der Waals surface area contributed by atoms with Gasteiger partial charge in [-0.2, -0.15) is 0 Å². The highest BCUT2D eigenvalue weighted by molar-refractivity contribution is 6.01. The number of anilines is 1. The minimum atomic E-state index is 0.0301. The van der Waals surface area contributed by atoms with Gasteiger partial charge in [-0.1, -0.05) is 12.1 Å². The summed E-state index contributed by atoms with van der Waals surface area (Å²) in [6.45, 7) is 3.97. The molecule has 2 aliphatic heterocycles. The number of carbonyl (C=O) groups excluding carboxylic acids is 1. The van der Waals surface area contributed by atoms with Gasteiger partial charge < -0.3 is 34.7 Å². The Kier molecular flexibility index (Phi) is 6.45. The van der Waals surface area contributed by atoms with Crippen molar-refractivity contribution in [1.29, 1.82) is 0 Å². The zero-order chi connectivity index (χ0) is 29.4. The second-order valence-electron chi connectivity index (χ2n) is 13.5. The van der Waals surface area contributed by atoms with E-state index in [0.29, 0.717) is 29.2 Å². The molecule has 2 bridgehead atoms. The molecule has 9 nitrogen and oxygen atoms in total. The Balaban J connectivity index is 1.21. The van der Waals surface area contributed by atoms with E-state index < -0.39 is 0 Å². The van der Waals surface area contributed by atoms with Crippen LogP contribution in [0.5, 0.6) is 5.75 Å². The number of fused-ring (bicyclic) bond motifs is 4. The van der Waals surface area contributed by atoms with Crippen molar-refractivity contribution in [2.24, 2.45) is 24.6 Å². The number of ether oxygens (including phenoxy) is 1. The molecule has 0 unspecified atom stereocenters. The van der Waals surface area contributed by atoms with E-state index in [1.54, 1.807) is 7.11 Å². The molecule has 4 fully saturated rings. The van der Waals surface area contributed by atoms with Gasteiger partial charge in [-0.25, -0.2) is 4.98 Å². The minimum Gasteiger partial charge on any atom is -0.494 e. The zero-order valence-electron chi connectivity index (χ0n) is 25.6. The smallest absolute Gasteiger partial charge is 0.254 e. The van der Waals surface area contributed by atoms with Gasteiger partial charge in [0.25, 0.3) is 5.91 Å². The molecule has 3 N–H and O–H groups in total. The molecule has 4 aromatic rings. The summed E-state index contributed by atoms with van der Waals surface area (Å²) in [5.41, 5.74) is 12.3. The van der Waals surface area contributed by atoms with Crippen molar-refractivity contribution in [2.75, 3.05) is 39.1 Å². The average Bonchev–Trinajstić information content (AvgIpc) is 3.40. The molecule has 43 heavy (non-hydrogen) atoms. The summed E-state index contributed by atoms with van der Waals surface area (Å²) in [4.78, 5) is 23.3. The van der Waals surface area contributed by atoms with Crippen molar-refractivity contribution >= 4 is 33.5 Å².